The maximum Gasteiger partial charge on any atom is 0.0785 e. The van der Waals surface area contributed by atoms with E-state index in [2.05, 4.69) is 31.0 Å². The Morgan fingerprint density at radius 3 is 2.47 bits per heavy atom. The van der Waals surface area contributed by atoms with E-state index in [1.54, 1.807) is 0 Å². The van der Waals surface area contributed by atoms with Crippen LogP contribution in [-0.2, 0) is 0 Å². The zero-order valence-corrected chi connectivity index (χ0v) is 9.37. The molecule has 2 rings (SSSR count). The fourth-order valence-corrected chi connectivity index (χ4v) is 1.40. The van der Waals surface area contributed by atoms with Crippen LogP contribution in [-0.4, -0.2) is 12.2 Å². The number of benzene rings is 1. The number of hydrogen-bond donors (Lipinski definition) is 0. The average molecular weight is 205 g/mol. The number of alkyl halides is 1. The van der Waals surface area contributed by atoms with Crippen LogP contribution in [0.2, 0.25) is 0 Å². The number of nitrogens with zero attached hydrogens (tertiary/aromatic N) is 1. The molecule has 1 nitrogen and oxygen atoms in total. The number of halogens is 1. The molecule has 0 unspecified atom stereocenters. The van der Waals surface area contributed by atoms with Crippen molar-refractivity contribution in [3.05, 3.63) is 42.1 Å². The van der Waals surface area contributed by atoms with Crippen molar-refractivity contribution in [2.24, 2.45) is 0 Å². The van der Waals surface area contributed by atoms with Gasteiger partial charge in [-0.05, 0) is 23.6 Å². The van der Waals surface area contributed by atoms with Crippen molar-refractivity contribution in [1.29, 1.82) is 0 Å². The number of pyridine rings is 1. The van der Waals surface area contributed by atoms with Gasteiger partial charge in [0.15, 0.2) is 0 Å². The molecular weight excluding hydrogens is 189 g/mol. The third-order valence-electron chi connectivity index (χ3n) is 2.28. The number of fused-ring (bicyclic) bond motifs is 1. The van der Waals surface area contributed by atoms with E-state index in [0.29, 0.717) is 13.1 Å². The minimum atomic E-state index is 0.500. The van der Waals surface area contributed by atoms with Crippen molar-refractivity contribution in [1.82, 2.24) is 4.98 Å². The van der Waals surface area contributed by atoms with Gasteiger partial charge in [-0.1, -0.05) is 32.0 Å². The van der Waals surface area contributed by atoms with Crippen molar-refractivity contribution >= 4 is 10.9 Å². The standard InChI is InChI=1S/C12H13N.CH3F/c1-9(2)11-7-10-5-3-4-6-12(10)13-8-11;1-2/h3-9H,1-2H3;1H3. The van der Waals surface area contributed by atoms with Crippen LogP contribution in [0.5, 0.6) is 0 Å². The summed E-state index contributed by atoms with van der Waals surface area (Å²) in [5.41, 5.74) is 2.38. The predicted octanol–water partition coefficient (Wildman–Crippen LogP) is 3.94. The van der Waals surface area contributed by atoms with Gasteiger partial charge in [-0.3, -0.25) is 9.37 Å². The van der Waals surface area contributed by atoms with E-state index in [9.17, 15) is 4.39 Å². The third-order valence-corrected chi connectivity index (χ3v) is 2.28. The molecule has 0 atom stereocenters. The molecule has 0 bridgehead atoms. The average Bonchev–Trinajstić information content (AvgIpc) is 2.31. The van der Waals surface area contributed by atoms with Crippen LogP contribution in [0, 0.1) is 0 Å². The number of para-hydroxylation sites is 1. The molecule has 0 aliphatic carbocycles. The van der Waals surface area contributed by atoms with Crippen LogP contribution in [0.1, 0.15) is 25.3 Å². The molecule has 0 spiro atoms. The topological polar surface area (TPSA) is 12.9 Å². The Morgan fingerprint density at radius 2 is 1.80 bits per heavy atom. The summed E-state index contributed by atoms with van der Waals surface area (Å²) in [6, 6.07) is 10.4. The van der Waals surface area contributed by atoms with Gasteiger partial charge in [0, 0.05) is 11.6 Å². The van der Waals surface area contributed by atoms with E-state index >= 15 is 0 Å². The Bertz CT molecular complexity index is 424. The number of hydrogen-bond acceptors (Lipinski definition) is 1. The Morgan fingerprint density at radius 1 is 1.13 bits per heavy atom. The molecule has 80 valence electrons. The van der Waals surface area contributed by atoms with Crippen LogP contribution >= 0.6 is 0 Å². The lowest BCUT2D eigenvalue weighted by Crippen LogP contribution is -1.88. The van der Waals surface area contributed by atoms with Gasteiger partial charge < -0.3 is 0 Å². The highest BCUT2D eigenvalue weighted by atomic mass is 19.1. The number of aromatic nitrogens is 1. The van der Waals surface area contributed by atoms with Gasteiger partial charge in [0.1, 0.15) is 0 Å². The molecule has 2 heteroatoms. The zero-order chi connectivity index (χ0) is 11.3. The third kappa shape index (κ3) is 2.75. The first kappa shape index (κ1) is 11.6. The molecule has 0 N–H and O–H groups in total. The molecule has 0 aliphatic heterocycles. The Labute approximate surface area is 90.0 Å². The second-order valence-corrected chi connectivity index (χ2v) is 3.62. The molecule has 0 saturated carbocycles. The molecule has 0 amide bonds. The van der Waals surface area contributed by atoms with Crippen molar-refractivity contribution in [3.63, 3.8) is 0 Å². The van der Waals surface area contributed by atoms with E-state index in [4.69, 9.17) is 0 Å². The number of rotatable bonds is 1. The summed E-state index contributed by atoms with van der Waals surface area (Å²) in [4.78, 5) is 4.40. The lowest BCUT2D eigenvalue weighted by Gasteiger charge is -2.05. The molecular formula is C13H16FN. The van der Waals surface area contributed by atoms with Gasteiger partial charge in [0.05, 0.1) is 12.7 Å². The minimum absolute atomic E-state index is 0.500. The smallest absolute Gasteiger partial charge is 0.0785 e. The molecule has 15 heavy (non-hydrogen) atoms. The van der Waals surface area contributed by atoms with Gasteiger partial charge in [0.25, 0.3) is 0 Å². The summed E-state index contributed by atoms with van der Waals surface area (Å²) in [6.45, 7) is 4.37. The largest absolute Gasteiger partial charge is 0.256 e. The van der Waals surface area contributed by atoms with Crippen molar-refractivity contribution in [3.8, 4) is 0 Å². The Kier molecular flexibility index (Phi) is 4.22. The molecule has 1 aromatic carbocycles. The highest BCUT2D eigenvalue weighted by Gasteiger charge is 2.00. The molecule has 2 aromatic rings. The van der Waals surface area contributed by atoms with Crippen LogP contribution in [0.25, 0.3) is 10.9 Å². The normalized spacial score (nSPS) is 9.93. The van der Waals surface area contributed by atoms with Crippen molar-refractivity contribution in [2.75, 3.05) is 7.18 Å². The lowest BCUT2D eigenvalue weighted by molar-refractivity contribution is 0.636. The fourth-order valence-electron chi connectivity index (χ4n) is 1.40. The van der Waals surface area contributed by atoms with Crippen LogP contribution < -0.4 is 0 Å². The summed E-state index contributed by atoms with van der Waals surface area (Å²) >= 11 is 0. The Balaban J connectivity index is 0.000000531. The van der Waals surface area contributed by atoms with Crippen LogP contribution in [0.3, 0.4) is 0 Å². The van der Waals surface area contributed by atoms with E-state index < -0.39 is 0 Å². The highest BCUT2D eigenvalue weighted by molar-refractivity contribution is 5.78. The van der Waals surface area contributed by atoms with Gasteiger partial charge >= 0.3 is 0 Å². The maximum atomic E-state index is 9.50. The second-order valence-electron chi connectivity index (χ2n) is 3.62. The molecule has 1 heterocycles. The SMILES string of the molecule is CC(C)c1cnc2ccccc2c1.CF. The van der Waals surface area contributed by atoms with Gasteiger partial charge in [-0.15, -0.1) is 0 Å². The quantitative estimate of drug-likeness (QED) is 0.687. The van der Waals surface area contributed by atoms with E-state index in [1.807, 2.05) is 24.4 Å². The molecule has 0 radical (unpaired) electrons. The van der Waals surface area contributed by atoms with Gasteiger partial charge in [0.2, 0.25) is 0 Å². The van der Waals surface area contributed by atoms with Crippen LogP contribution in [0.4, 0.5) is 4.39 Å². The van der Waals surface area contributed by atoms with Gasteiger partial charge in [-0.25, -0.2) is 0 Å². The monoisotopic (exact) mass is 205 g/mol. The fraction of sp³-hybridized carbons (Fsp3) is 0.308. The van der Waals surface area contributed by atoms with E-state index in [0.717, 1.165) is 5.52 Å². The first-order valence-corrected chi connectivity index (χ1v) is 5.00. The second kappa shape index (κ2) is 5.44. The summed E-state index contributed by atoms with van der Waals surface area (Å²) in [5, 5.41) is 1.23. The van der Waals surface area contributed by atoms with E-state index in [1.165, 1.54) is 10.9 Å². The summed E-state index contributed by atoms with van der Waals surface area (Å²) in [7, 11) is 0.500. The lowest BCUT2D eigenvalue weighted by atomic mass is 10.0. The summed E-state index contributed by atoms with van der Waals surface area (Å²) in [5.74, 6) is 0.553. The highest BCUT2D eigenvalue weighted by Crippen LogP contribution is 2.18. The Hall–Kier alpha value is -1.44. The maximum absolute atomic E-state index is 9.50. The van der Waals surface area contributed by atoms with E-state index in [-0.39, 0.29) is 0 Å². The summed E-state index contributed by atoms with van der Waals surface area (Å²) < 4.78 is 9.50. The minimum Gasteiger partial charge on any atom is -0.256 e. The molecule has 0 aliphatic rings. The van der Waals surface area contributed by atoms with Crippen LogP contribution in [0.15, 0.2) is 36.5 Å². The van der Waals surface area contributed by atoms with Gasteiger partial charge in [-0.2, -0.15) is 0 Å². The molecule has 1 aromatic heterocycles. The van der Waals surface area contributed by atoms with Crippen molar-refractivity contribution in [2.45, 2.75) is 19.8 Å². The predicted molar refractivity (Wildman–Crippen MR) is 62.9 cm³/mol. The first-order valence-electron chi connectivity index (χ1n) is 5.00. The summed E-state index contributed by atoms with van der Waals surface area (Å²) in [6.07, 6.45) is 1.97. The zero-order valence-electron chi connectivity index (χ0n) is 9.37. The first-order chi connectivity index (χ1) is 7.27. The van der Waals surface area contributed by atoms with Crippen molar-refractivity contribution < 1.29 is 4.39 Å². The molecule has 0 saturated heterocycles. The molecule has 0 fully saturated rings.